The minimum Gasteiger partial charge on any atom is -0.507 e. The van der Waals surface area contributed by atoms with Crippen molar-refractivity contribution in [2.45, 2.75) is 30.9 Å². The molecule has 3 aliphatic carbocycles. The molecule has 6 atom stereocenters. The molecule has 0 spiro atoms. The Morgan fingerprint density at radius 2 is 1.76 bits per heavy atom. The maximum atomic E-state index is 14.0. The highest BCUT2D eigenvalue weighted by molar-refractivity contribution is 6.32. The van der Waals surface area contributed by atoms with Gasteiger partial charge in [-0.2, -0.15) is 0 Å². The van der Waals surface area contributed by atoms with E-state index in [-0.39, 0.29) is 30.1 Å². The van der Waals surface area contributed by atoms with Gasteiger partial charge in [0.2, 0.25) is 5.91 Å². The molecule has 0 aromatic heterocycles. The van der Waals surface area contributed by atoms with E-state index < -0.39 is 64.4 Å². The van der Waals surface area contributed by atoms with Gasteiger partial charge in [0, 0.05) is 18.0 Å². The van der Waals surface area contributed by atoms with Crippen molar-refractivity contribution in [1.29, 1.82) is 0 Å². The standard InChI is InChI=1S/C33H38N4O8/c1-36(2)12-6-11-35-32(44)17-8-5-7-16(13-17)19-9-10-22(38)24-20(19)14-18-15-21-26(37(3)4)28(40)25(31(34)43)30(42)33(21,45)29(41)23(18)27(24)39/h5,7-10,13,18,21,23,25-26,38,45H,6,11-12,14-15H2,1-4H3,(H2,34,43)(H,35,44)/t18-,21-,23?,25?,26-,33-/m0/s1. The molecule has 2 amide bonds. The van der Waals surface area contributed by atoms with E-state index in [4.69, 9.17) is 5.73 Å². The number of hydrogen-bond donors (Lipinski definition) is 4. The summed E-state index contributed by atoms with van der Waals surface area (Å²) in [5.41, 5.74) is 4.57. The van der Waals surface area contributed by atoms with Gasteiger partial charge in [0.1, 0.15) is 5.75 Å². The van der Waals surface area contributed by atoms with Gasteiger partial charge in [-0.25, -0.2) is 0 Å². The van der Waals surface area contributed by atoms with Crippen molar-refractivity contribution >= 4 is 34.9 Å². The van der Waals surface area contributed by atoms with Gasteiger partial charge < -0.3 is 26.2 Å². The zero-order valence-electron chi connectivity index (χ0n) is 25.7. The van der Waals surface area contributed by atoms with Crippen LogP contribution in [0.25, 0.3) is 11.1 Å². The van der Waals surface area contributed by atoms with Crippen LogP contribution in [0.1, 0.15) is 39.1 Å². The highest BCUT2D eigenvalue weighted by atomic mass is 16.3. The fraction of sp³-hybridized carbons (Fsp3) is 0.455. The fourth-order valence-corrected chi connectivity index (χ4v) is 7.40. The van der Waals surface area contributed by atoms with E-state index in [1.807, 2.05) is 19.0 Å². The van der Waals surface area contributed by atoms with Gasteiger partial charge >= 0.3 is 0 Å². The lowest BCUT2D eigenvalue weighted by atomic mass is 9.52. The van der Waals surface area contributed by atoms with Gasteiger partial charge in [0.15, 0.2) is 34.7 Å². The quantitative estimate of drug-likeness (QED) is 0.235. The lowest BCUT2D eigenvalue weighted by molar-refractivity contribution is -0.181. The SMILES string of the molecule is CN(C)CCCNC(=O)c1cccc(-c2ccc(O)c3c2C[C@H]2C[C@H]4[C@H](N(C)C)C(=O)C(C(N)=O)C(=O)[C@@]4(O)C(=O)C2C3=O)c1. The number of Topliss-reactive ketones (excluding diaryl/α,β-unsaturated/α-hetero) is 4. The van der Waals surface area contributed by atoms with Crippen molar-refractivity contribution in [2.24, 2.45) is 29.4 Å². The van der Waals surface area contributed by atoms with Crippen LogP contribution in [-0.2, 0) is 25.6 Å². The van der Waals surface area contributed by atoms with Crippen LogP contribution in [0.2, 0.25) is 0 Å². The van der Waals surface area contributed by atoms with Crippen molar-refractivity contribution in [3.8, 4) is 16.9 Å². The van der Waals surface area contributed by atoms with Crippen LogP contribution in [0.3, 0.4) is 0 Å². The zero-order valence-corrected chi connectivity index (χ0v) is 25.7. The predicted molar refractivity (Wildman–Crippen MR) is 162 cm³/mol. The molecule has 2 fully saturated rings. The molecule has 0 bridgehead atoms. The number of aromatic hydroxyl groups is 1. The molecule has 5 N–H and O–H groups in total. The topological polar surface area (TPSA) is 187 Å². The van der Waals surface area contributed by atoms with Crippen LogP contribution in [-0.4, -0.2) is 108 Å². The van der Waals surface area contributed by atoms with E-state index in [2.05, 4.69) is 5.32 Å². The number of carbonyl (C=O) groups is 6. The molecule has 12 nitrogen and oxygen atoms in total. The first-order chi connectivity index (χ1) is 21.2. The summed E-state index contributed by atoms with van der Waals surface area (Å²) in [5.74, 6) is -11.3. The molecular formula is C33H38N4O8. The molecule has 3 aliphatic rings. The third-order valence-electron chi connectivity index (χ3n) is 9.45. The number of nitrogens with zero attached hydrogens (tertiary/aromatic N) is 2. The summed E-state index contributed by atoms with van der Waals surface area (Å²) in [7, 11) is 6.98. The second-order valence-corrected chi connectivity index (χ2v) is 12.8. The van der Waals surface area contributed by atoms with Gasteiger partial charge in [-0.05, 0) is 94.8 Å². The summed E-state index contributed by atoms with van der Waals surface area (Å²) in [5, 5.41) is 25.5. The lowest BCUT2D eigenvalue weighted by Gasteiger charge is -2.52. The van der Waals surface area contributed by atoms with Crippen LogP contribution in [0, 0.1) is 23.7 Å². The highest BCUT2D eigenvalue weighted by Gasteiger charge is 2.69. The van der Waals surface area contributed by atoms with Gasteiger partial charge in [-0.1, -0.05) is 18.2 Å². The average molecular weight is 619 g/mol. The van der Waals surface area contributed by atoms with Crippen LogP contribution >= 0.6 is 0 Å². The summed E-state index contributed by atoms with van der Waals surface area (Å²) in [6, 6.07) is 8.67. The lowest BCUT2D eigenvalue weighted by Crippen LogP contribution is -2.74. The first-order valence-electron chi connectivity index (χ1n) is 14.9. The third-order valence-corrected chi connectivity index (χ3v) is 9.45. The van der Waals surface area contributed by atoms with E-state index in [9.17, 15) is 39.0 Å². The summed E-state index contributed by atoms with van der Waals surface area (Å²) < 4.78 is 0. The molecule has 2 saturated carbocycles. The Bertz CT molecular complexity index is 1620. The first-order valence-corrected chi connectivity index (χ1v) is 14.9. The van der Waals surface area contributed by atoms with E-state index in [1.165, 1.54) is 25.1 Å². The van der Waals surface area contributed by atoms with Gasteiger partial charge in [-0.3, -0.25) is 33.7 Å². The van der Waals surface area contributed by atoms with Crippen molar-refractivity contribution in [3.63, 3.8) is 0 Å². The van der Waals surface area contributed by atoms with Gasteiger partial charge in [0.25, 0.3) is 5.91 Å². The van der Waals surface area contributed by atoms with Crippen LogP contribution < -0.4 is 11.1 Å². The highest BCUT2D eigenvalue weighted by Crippen LogP contribution is 2.51. The van der Waals surface area contributed by atoms with Gasteiger partial charge in [-0.15, -0.1) is 0 Å². The van der Waals surface area contributed by atoms with Crippen molar-refractivity contribution in [3.05, 3.63) is 53.1 Å². The van der Waals surface area contributed by atoms with Crippen molar-refractivity contribution in [1.82, 2.24) is 15.1 Å². The number of aliphatic hydroxyl groups is 1. The number of nitrogens with one attached hydrogen (secondary N) is 1. The Morgan fingerprint density at radius 1 is 1.04 bits per heavy atom. The molecule has 0 heterocycles. The number of carbonyl (C=O) groups excluding carboxylic acids is 6. The molecule has 5 rings (SSSR count). The molecule has 45 heavy (non-hydrogen) atoms. The van der Waals surface area contributed by atoms with Crippen molar-refractivity contribution in [2.75, 3.05) is 41.3 Å². The number of amides is 2. The zero-order chi connectivity index (χ0) is 33.0. The Balaban J connectivity index is 1.53. The normalized spacial score (nSPS) is 27.7. The number of hydrogen-bond acceptors (Lipinski definition) is 10. The summed E-state index contributed by atoms with van der Waals surface area (Å²) in [4.78, 5) is 83.3. The maximum absolute atomic E-state index is 14.0. The number of nitrogens with two attached hydrogens (primary N) is 1. The molecule has 238 valence electrons. The molecular weight excluding hydrogens is 580 g/mol. The van der Waals surface area contributed by atoms with Crippen molar-refractivity contribution < 1.29 is 39.0 Å². The molecule has 0 aliphatic heterocycles. The minimum absolute atomic E-state index is 0.0472. The van der Waals surface area contributed by atoms with Gasteiger partial charge in [0.05, 0.1) is 17.5 Å². The monoisotopic (exact) mass is 618 g/mol. The molecule has 2 aromatic carbocycles. The number of phenols is 1. The number of benzene rings is 2. The Morgan fingerprint density at radius 3 is 2.40 bits per heavy atom. The summed E-state index contributed by atoms with van der Waals surface area (Å²) in [6.07, 6.45) is 0.851. The average Bonchev–Trinajstić information content (AvgIpc) is 2.96. The maximum Gasteiger partial charge on any atom is 0.251 e. The molecule has 2 unspecified atom stereocenters. The number of primary amides is 1. The largest absolute Gasteiger partial charge is 0.507 e. The first kappa shape index (κ1) is 32.1. The predicted octanol–water partition coefficient (Wildman–Crippen LogP) is 0.216. The number of rotatable bonds is 8. The Labute approximate surface area is 260 Å². The van der Waals surface area contributed by atoms with Crippen LogP contribution in [0.15, 0.2) is 36.4 Å². The third kappa shape index (κ3) is 5.26. The number of ketones is 4. The van der Waals surface area contributed by atoms with Crippen LogP contribution in [0.4, 0.5) is 0 Å². The molecule has 0 saturated heterocycles. The number of fused-ring (bicyclic) bond motifs is 3. The Hall–Kier alpha value is -4.26. The second-order valence-electron chi connectivity index (χ2n) is 12.8. The molecule has 0 radical (unpaired) electrons. The summed E-state index contributed by atoms with van der Waals surface area (Å²) in [6.45, 7) is 1.31. The summed E-state index contributed by atoms with van der Waals surface area (Å²) >= 11 is 0. The smallest absolute Gasteiger partial charge is 0.251 e. The van der Waals surface area contributed by atoms with E-state index in [1.54, 1.807) is 30.3 Å². The minimum atomic E-state index is -2.78. The second kappa shape index (κ2) is 11.9. The number of likely N-dealkylation sites (N-methyl/N-ethyl adjacent to an activating group) is 1. The molecule has 2 aromatic rings. The number of phenolic OH excluding ortho intramolecular Hbond substituents is 1. The molecule has 12 heteroatoms. The van der Waals surface area contributed by atoms with Crippen LogP contribution in [0.5, 0.6) is 5.75 Å². The fourth-order valence-electron chi connectivity index (χ4n) is 7.40. The van der Waals surface area contributed by atoms with E-state index in [0.717, 1.165) is 13.0 Å². The Kier molecular flexibility index (Phi) is 8.51. The van der Waals surface area contributed by atoms with E-state index in [0.29, 0.717) is 28.8 Å². The van der Waals surface area contributed by atoms with E-state index >= 15 is 0 Å².